The number of hydrogen-bond donors (Lipinski definition) is 1. The van der Waals surface area contributed by atoms with Crippen molar-refractivity contribution in [1.82, 2.24) is 14.8 Å². The number of rotatable bonds is 4. The van der Waals surface area contributed by atoms with Gasteiger partial charge in [-0.2, -0.15) is 0 Å². The van der Waals surface area contributed by atoms with Crippen molar-refractivity contribution in [2.75, 3.05) is 46.8 Å². The molecule has 1 saturated heterocycles. The topological polar surface area (TPSA) is 58.0 Å². The van der Waals surface area contributed by atoms with E-state index in [4.69, 9.17) is 0 Å². The SMILES string of the molecule is CN(C)C(=O)C[NH+]1CCN(C(=O)/C=C/c2nc3ccccc3s2)CC1. The van der Waals surface area contributed by atoms with Crippen LogP contribution in [0.5, 0.6) is 0 Å². The van der Waals surface area contributed by atoms with Gasteiger partial charge in [-0.05, 0) is 18.2 Å². The van der Waals surface area contributed by atoms with Crippen molar-refractivity contribution < 1.29 is 14.5 Å². The number of likely N-dealkylation sites (N-methyl/N-ethyl adjacent to an activating group) is 1. The molecule has 0 saturated carbocycles. The fourth-order valence-electron chi connectivity index (χ4n) is 2.80. The number of benzene rings is 1. The highest BCUT2D eigenvalue weighted by molar-refractivity contribution is 7.19. The molecule has 25 heavy (non-hydrogen) atoms. The number of aromatic nitrogens is 1. The highest BCUT2D eigenvalue weighted by atomic mass is 32.1. The van der Waals surface area contributed by atoms with Crippen molar-refractivity contribution in [3.8, 4) is 0 Å². The van der Waals surface area contributed by atoms with E-state index in [0.29, 0.717) is 19.6 Å². The highest BCUT2D eigenvalue weighted by Crippen LogP contribution is 2.22. The molecular weight excluding hydrogens is 336 g/mol. The third-order valence-corrected chi connectivity index (χ3v) is 5.36. The number of hydrogen-bond acceptors (Lipinski definition) is 4. The minimum absolute atomic E-state index is 0.0113. The Labute approximate surface area is 151 Å². The van der Waals surface area contributed by atoms with Gasteiger partial charge >= 0.3 is 0 Å². The van der Waals surface area contributed by atoms with Gasteiger partial charge in [-0.15, -0.1) is 11.3 Å². The zero-order chi connectivity index (χ0) is 17.8. The Balaban J connectivity index is 1.53. The van der Waals surface area contributed by atoms with Gasteiger partial charge < -0.3 is 14.7 Å². The molecule has 3 rings (SSSR count). The number of thiazole rings is 1. The molecule has 0 aliphatic carbocycles. The van der Waals surface area contributed by atoms with Gasteiger partial charge in [-0.25, -0.2) is 4.98 Å². The molecule has 1 aliphatic rings. The van der Waals surface area contributed by atoms with Crippen LogP contribution in [0.4, 0.5) is 0 Å². The first-order valence-electron chi connectivity index (χ1n) is 8.39. The van der Waals surface area contributed by atoms with Gasteiger partial charge in [0.1, 0.15) is 5.01 Å². The fraction of sp³-hybridized carbons (Fsp3) is 0.389. The Morgan fingerprint density at radius 3 is 2.68 bits per heavy atom. The number of amides is 2. The predicted octanol–water partition coefficient (Wildman–Crippen LogP) is 0.125. The second-order valence-electron chi connectivity index (χ2n) is 6.39. The summed E-state index contributed by atoms with van der Waals surface area (Å²) in [5.74, 6) is 0.141. The van der Waals surface area contributed by atoms with E-state index in [0.717, 1.165) is 28.3 Å². The summed E-state index contributed by atoms with van der Waals surface area (Å²) in [5.41, 5.74) is 0.961. The molecule has 2 heterocycles. The van der Waals surface area contributed by atoms with Gasteiger partial charge in [0.25, 0.3) is 5.91 Å². The monoisotopic (exact) mass is 359 g/mol. The first kappa shape index (κ1) is 17.6. The second-order valence-corrected chi connectivity index (χ2v) is 7.46. The third kappa shape index (κ3) is 4.43. The molecule has 2 amide bonds. The zero-order valence-corrected chi connectivity index (χ0v) is 15.4. The molecule has 1 aromatic heterocycles. The van der Waals surface area contributed by atoms with E-state index in [9.17, 15) is 9.59 Å². The molecule has 1 aromatic carbocycles. The van der Waals surface area contributed by atoms with Crippen LogP contribution in [0.2, 0.25) is 0 Å². The molecule has 1 N–H and O–H groups in total. The molecule has 6 nitrogen and oxygen atoms in total. The summed E-state index contributed by atoms with van der Waals surface area (Å²) >= 11 is 1.58. The lowest BCUT2D eigenvalue weighted by atomic mass is 10.3. The minimum Gasteiger partial charge on any atom is -0.344 e. The van der Waals surface area contributed by atoms with E-state index in [1.54, 1.807) is 42.5 Å². The number of piperazine rings is 1. The normalized spacial score (nSPS) is 15.8. The number of carbonyl (C=O) groups is 2. The quantitative estimate of drug-likeness (QED) is 0.790. The van der Waals surface area contributed by atoms with E-state index in [-0.39, 0.29) is 11.8 Å². The average Bonchev–Trinajstić information content (AvgIpc) is 3.03. The molecule has 132 valence electrons. The maximum absolute atomic E-state index is 12.4. The van der Waals surface area contributed by atoms with Crippen LogP contribution in [0.3, 0.4) is 0 Å². The van der Waals surface area contributed by atoms with E-state index in [2.05, 4.69) is 4.98 Å². The smallest absolute Gasteiger partial charge is 0.277 e. The van der Waals surface area contributed by atoms with Gasteiger partial charge in [-0.3, -0.25) is 9.59 Å². The van der Waals surface area contributed by atoms with Crippen LogP contribution in [0.1, 0.15) is 5.01 Å². The number of fused-ring (bicyclic) bond motifs is 1. The molecule has 1 fully saturated rings. The Bertz CT molecular complexity index is 758. The van der Waals surface area contributed by atoms with Crippen molar-refractivity contribution in [2.45, 2.75) is 0 Å². The Morgan fingerprint density at radius 1 is 1.28 bits per heavy atom. The standard InChI is InChI=1S/C18H22N4O2S/c1-20(2)18(24)13-21-9-11-22(12-10-21)17(23)8-7-16-19-14-5-3-4-6-15(14)25-16/h3-8H,9-13H2,1-2H3/p+1/b8-7+. The lowest BCUT2D eigenvalue weighted by Crippen LogP contribution is -3.15. The van der Waals surface area contributed by atoms with Gasteiger partial charge in [-0.1, -0.05) is 12.1 Å². The van der Waals surface area contributed by atoms with Crippen molar-refractivity contribution in [1.29, 1.82) is 0 Å². The maximum atomic E-state index is 12.4. The molecule has 0 unspecified atom stereocenters. The van der Waals surface area contributed by atoms with Crippen molar-refractivity contribution in [2.24, 2.45) is 0 Å². The number of para-hydroxylation sites is 1. The average molecular weight is 359 g/mol. The van der Waals surface area contributed by atoms with Crippen LogP contribution < -0.4 is 4.90 Å². The van der Waals surface area contributed by atoms with Crippen LogP contribution >= 0.6 is 11.3 Å². The highest BCUT2D eigenvalue weighted by Gasteiger charge is 2.24. The number of quaternary nitrogens is 1. The molecule has 0 bridgehead atoms. The van der Waals surface area contributed by atoms with Gasteiger partial charge in [0, 0.05) is 20.2 Å². The number of nitrogens with zero attached hydrogens (tertiary/aromatic N) is 3. The second kappa shape index (κ2) is 7.76. The summed E-state index contributed by atoms with van der Waals surface area (Å²) in [7, 11) is 3.54. The van der Waals surface area contributed by atoms with Crippen LogP contribution in [0.15, 0.2) is 30.3 Å². The van der Waals surface area contributed by atoms with Crippen molar-refractivity contribution in [3.63, 3.8) is 0 Å². The summed E-state index contributed by atoms with van der Waals surface area (Å²) in [4.78, 5) is 33.3. The summed E-state index contributed by atoms with van der Waals surface area (Å²) in [5, 5.41) is 0.843. The lowest BCUT2D eigenvalue weighted by molar-refractivity contribution is -0.896. The van der Waals surface area contributed by atoms with Crippen LogP contribution in [0, 0.1) is 0 Å². The Hall–Kier alpha value is -2.25. The first-order chi connectivity index (χ1) is 12.0. The number of nitrogens with one attached hydrogen (secondary N) is 1. The molecular formula is C18H23N4O2S+. The predicted molar refractivity (Wildman–Crippen MR) is 99.5 cm³/mol. The van der Waals surface area contributed by atoms with E-state index < -0.39 is 0 Å². The molecule has 0 atom stereocenters. The Kier molecular flexibility index (Phi) is 5.45. The van der Waals surface area contributed by atoms with E-state index in [1.807, 2.05) is 29.2 Å². The van der Waals surface area contributed by atoms with Crippen molar-refractivity contribution >= 4 is 39.4 Å². The summed E-state index contributed by atoms with van der Waals surface area (Å²) in [6.07, 6.45) is 3.40. The zero-order valence-electron chi connectivity index (χ0n) is 14.6. The van der Waals surface area contributed by atoms with Crippen molar-refractivity contribution in [3.05, 3.63) is 35.3 Å². The summed E-state index contributed by atoms with van der Waals surface area (Å²) < 4.78 is 1.12. The van der Waals surface area contributed by atoms with Gasteiger partial charge in [0.2, 0.25) is 5.91 Å². The van der Waals surface area contributed by atoms with E-state index in [1.165, 1.54) is 4.90 Å². The van der Waals surface area contributed by atoms with Gasteiger partial charge in [0.05, 0.1) is 36.4 Å². The third-order valence-electron chi connectivity index (χ3n) is 4.36. The van der Waals surface area contributed by atoms with Crippen LogP contribution in [0.25, 0.3) is 16.3 Å². The largest absolute Gasteiger partial charge is 0.344 e. The molecule has 0 spiro atoms. The molecule has 1 aliphatic heterocycles. The molecule has 0 radical (unpaired) electrons. The van der Waals surface area contributed by atoms with E-state index >= 15 is 0 Å². The van der Waals surface area contributed by atoms with Crippen LogP contribution in [-0.2, 0) is 9.59 Å². The Morgan fingerprint density at radius 2 is 2.00 bits per heavy atom. The minimum atomic E-state index is 0.0113. The summed E-state index contributed by atoms with van der Waals surface area (Å²) in [6, 6.07) is 7.96. The lowest BCUT2D eigenvalue weighted by Gasteiger charge is -2.31. The van der Waals surface area contributed by atoms with Gasteiger partial charge in [0.15, 0.2) is 6.54 Å². The summed E-state index contributed by atoms with van der Waals surface area (Å²) in [6.45, 7) is 3.47. The first-order valence-corrected chi connectivity index (χ1v) is 9.21. The maximum Gasteiger partial charge on any atom is 0.277 e. The van der Waals surface area contributed by atoms with Crippen LogP contribution in [-0.4, -0.2) is 73.4 Å². The molecule has 2 aromatic rings. The molecule has 7 heteroatoms. The number of carbonyl (C=O) groups excluding carboxylic acids is 2. The fourth-order valence-corrected chi connectivity index (χ4v) is 3.67.